The molecule has 2 rings (SSSR count). The van der Waals surface area contributed by atoms with E-state index in [1.54, 1.807) is 0 Å². The molecule has 13 heavy (non-hydrogen) atoms. The maximum atomic E-state index is 3.57. The van der Waals surface area contributed by atoms with Crippen LogP contribution in [0.15, 0.2) is 28.7 Å². The number of nitrogens with zero attached hydrogens (tertiary/aromatic N) is 1. The molecule has 1 nitrogen and oxygen atoms in total. The standard InChI is InChI=1S/C11H12BrN/c1-3-9-7-8-5-4-6-10(12)11(8)13(9)2/h4-7H,3H2,1-2H3. The number of para-hydroxylation sites is 1. The number of hydrogen-bond donors (Lipinski definition) is 0. The van der Waals surface area contributed by atoms with Gasteiger partial charge in [-0.3, -0.25) is 0 Å². The highest BCUT2D eigenvalue weighted by Gasteiger charge is 2.05. The Morgan fingerprint density at radius 1 is 1.38 bits per heavy atom. The summed E-state index contributed by atoms with van der Waals surface area (Å²) < 4.78 is 3.42. The molecule has 0 amide bonds. The summed E-state index contributed by atoms with van der Waals surface area (Å²) in [5.41, 5.74) is 2.67. The topological polar surface area (TPSA) is 4.93 Å². The zero-order chi connectivity index (χ0) is 9.42. The number of aromatic nitrogens is 1. The molecule has 0 bridgehead atoms. The van der Waals surface area contributed by atoms with Crippen molar-refractivity contribution in [2.45, 2.75) is 13.3 Å². The van der Waals surface area contributed by atoms with Crippen LogP contribution in [0.4, 0.5) is 0 Å². The first-order valence-corrected chi connectivity index (χ1v) is 5.26. The lowest BCUT2D eigenvalue weighted by atomic mass is 10.2. The van der Waals surface area contributed by atoms with Crippen LogP contribution in [-0.2, 0) is 13.5 Å². The lowest BCUT2D eigenvalue weighted by Crippen LogP contribution is -1.93. The number of halogens is 1. The summed E-state index contributed by atoms with van der Waals surface area (Å²) in [7, 11) is 2.12. The Balaban J connectivity index is 2.85. The second-order valence-corrected chi connectivity index (χ2v) is 4.08. The average Bonchev–Trinajstić information content (AvgIpc) is 2.44. The van der Waals surface area contributed by atoms with E-state index in [1.165, 1.54) is 21.1 Å². The summed E-state index contributed by atoms with van der Waals surface area (Å²) in [5.74, 6) is 0. The number of fused-ring (bicyclic) bond motifs is 1. The van der Waals surface area contributed by atoms with E-state index in [0.717, 1.165) is 6.42 Å². The summed E-state index contributed by atoms with van der Waals surface area (Å²) in [5, 5.41) is 1.31. The van der Waals surface area contributed by atoms with Crippen LogP contribution in [0, 0.1) is 0 Å². The Morgan fingerprint density at radius 3 is 2.77 bits per heavy atom. The van der Waals surface area contributed by atoms with Crippen molar-refractivity contribution in [1.82, 2.24) is 4.57 Å². The summed E-state index contributed by atoms with van der Waals surface area (Å²) in [4.78, 5) is 0. The molecular weight excluding hydrogens is 226 g/mol. The lowest BCUT2D eigenvalue weighted by Gasteiger charge is -2.01. The van der Waals surface area contributed by atoms with Crippen LogP contribution in [0.5, 0.6) is 0 Å². The van der Waals surface area contributed by atoms with Gasteiger partial charge in [0.2, 0.25) is 0 Å². The van der Waals surface area contributed by atoms with Gasteiger partial charge in [-0.2, -0.15) is 0 Å². The van der Waals surface area contributed by atoms with Gasteiger partial charge in [0.1, 0.15) is 0 Å². The van der Waals surface area contributed by atoms with Crippen molar-refractivity contribution in [1.29, 1.82) is 0 Å². The van der Waals surface area contributed by atoms with Crippen LogP contribution < -0.4 is 0 Å². The van der Waals surface area contributed by atoms with Crippen molar-refractivity contribution >= 4 is 26.8 Å². The summed E-state index contributed by atoms with van der Waals surface area (Å²) in [6, 6.07) is 8.56. The molecule has 0 fully saturated rings. The molecule has 2 heteroatoms. The van der Waals surface area contributed by atoms with Crippen LogP contribution in [0.25, 0.3) is 10.9 Å². The van der Waals surface area contributed by atoms with E-state index in [9.17, 15) is 0 Å². The molecule has 0 aliphatic rings. The maximum Gasteiger partial charge on any atom is 0.0624 e. The molecule has 2 aromatic rings. The molecule has 0 atom stereocenters. The normalized spacial score (nSPS) is 11.0. The maximum absolute atomic E-state index is 3.57. The van der Waals surface area contributed by atoms with Gasteiger partial charge in [0, 0.05) is 22.6 Å². The van der Waals surface area contributed by atoms with Crippen molar-refractivity contribution in [3.05, 3.63) is 34.4 Å². The molecule has 1 aromatic heterocycles. The molecular formula is C11H12BrN. The third-order valence-electron chi connectivity index (χ3n) is 2.47. The van der Waals surface area contributed by atoms with Crippen molar-refractivity contribution in [2.24, 2.45) is 7.05 Å². The predicted molar refractivity (Wildman–Crippen MR) is 60.0 cm³/mol. The summed E-state index contributed by atoms with van der Waals surface area (Å²) >= 11 is 3.57. The fourth-order valence-electron chi connectivity index (χ4n) is 1.76. The number of benzene rings is 1. The zero-order valence-electron chi connectivity index (χ0n) is 7.84. The Hall–Kier alpha value is -0.760. The molecule has 0 unspecified atom stereocenters. The first-order valence-electron chi connectivity index (χ1n) is 4.47. The minimum Gasteiger partial charge on any atom is -0.347 e. The fourth-order valence-corrected chi connectivity index (χ4v) is 2.41. The highest BCUT2D eigenvalue weighted by molar-refractivity contribution is 9.10. The fraction of sp³-hybridized carbons (Fsp3) is 0.273. The number of hydrogen-bond acceptors (Lipinski definition) is 0. The second-order valence-electron chi connectivity index (χ2n) is 3.23. The summed E-state index contributed by atoms with van der Waals surface area (Å²) in [6.07, 6.45) is 1.08. The Bertz CT molecular complexity index is 443. The summed E-state index contributed by atoms with van der Waals surface area (Å²) in [6.45, 7) is 2.18. The van der Waals surface area contributed by atoms with Gasteiger partial charge in [0.25, 0.3) is 0 Å². The molecule has 0 N–H and O–H groups in total. The Labute approximate surface area is 86.5 Å². The van der Waals surface area contributed by atoms with Crippen LogP contribution >= 0.6 is 15.9 Å². The quantitative estimate of drug-likeness (QED) is 0.716. The van der Waals surface area contributed by atoms with Gasteiger partial charge < -0.3 is 4.57 Å². The van der Waals surface area contributed by atoms with Crippen LogP contribution in [0.1, 0.15) is 12.6 Å². The number of rotatable bonds is 1. The van der Waals surface area contributed by atoms with E-state index < -0.39 is 0 Å². The van der Waals surface area contributed by atoms with Crippen LogP contribution in [0.3, 0.4) is 0 Å². The molecule has 1 heterocycles. The predicted octanol–water partition coefficient (Wildman–Crippen LogP) is 3.50. The largest absolute Gasteiger partial charge is 0.347 e. The zero-order valence-corrected chi connectivity index (χ0v) is 9.43. The van der Waals surface area contributed by atoms with Crippen molar-refractivity contribution in [3.8, 4) is 0 Å². The smallest absolute Gasteiger partial charge is 0.0624 e. The monoisotopic (exact) mass is 237 g/mol. The SMILES string of the molecule is CCc1cc2cccc(Br)c2n1C. The van der Waals surface area contributed by atoms with Crippen molar-refractivity contribution < 1.29 is 0 Å². The van der Waals surface area contributed by atoms with E-state index in [0.29, 0.717) is 0 Å². The first-order chi connectivity index (χ1) is 6.24. The van der Waals surface area contributed by atoms with Gasteiger partial charge in [-0.15, -0.1) is 0 Å². The number of aryl methyl sites for hydroxylation is 2. The Morgan fingerprint density at radius 2 is 2.15 bits per heavy atom. The highest BCUT2D eigenvalue weighted by atomic mass is 79.9. The molecule has 0 radical (unpaired) electrons. The minimum atomic E-state index is 1.08. The van der Waals surface area contributed by atoms with Gasteiger partial charge in [0.15, 0.2) is 0 Å². The van der Waals surface area contributed by atoms with E-state index >= 15 is 0 Å². The molecule has 0 aliphatic heterocycles. The molecule has 0 spiro atoms. The van der Waals surface area contributed by atoms with Gasteiger partial charge >= 0.3 is 0 Å². The van der Waals surface area contributed by atoms with Crippen molar-refractivity contribution in [2.75, 3.05) is 0 Å². The molecule has 0 aliphatic carbocycles. The van der Waals surface area contributed by atoms with Crippen LogP contribution in [-0.4, -0.2) is 4.57 Å². The van der Waals surface area contributed by atoms with Gasteiger partial charge in [-0.1, -0.05) is 19.1 Å². The van der Waals surface area contributed by atoms with Gasteiger partial charge in [-0.05, 0) is 34.5 Å². The molecule has 0 saturated heterocycles. The third-order valence-corrected chi connectivity index (χ3v) is 3.11. The lowest BCUT2D eigenvalue weighted by molar-refractivity contribution is 0.864. The first kappa shape index (κ1) is 8.82. The minimum absolute atomic E-state index is 1.08. The highest BCUT2D eigenvalue weighted by Crippen LogP contribution is 2.26. The van der Waals surface area contributed by atoms with Gasteiger partial charge in [0.05, 0.1) is 5.52 Å². The van der Waals surface area contributed by atoms with E-state index in [1.807, 2.05) is 0 Å². The third kappa shape index (κ3) is 1.29. The van der Waals surface area contributed by atoms with E-state index in [-0.39, 0.29) is 0 Å². The van der Waals surface area contributed by atoms with Gasteiger partial charge in [-0.25, -0.2) is 0 Å². The average molecular weight is 238 g/mol. The Kier molecular flexibility index (Phi) is 2.16. The van der Waals surface area contributed by atoms with E-state index in [2.05, 4.69) is 58.7 Å². The molecule has 0 saturated carbocycles. The van der Waals surface area contributed by atoms with Crippen molar-refractivity contribution in [3.63, 3.8) is 0 Å². The second kappa shape index (κ2) is 3.18. The van der Waals surface area contributed by atoms with E-state index in [4.69, 9.17) is 0 Å². The molecule has 68 valence electrons. The molecule has 1 aromatic carbocycles. The van der Waals surface area contributed by atoms with Crippen LogP contribution in [0.2, 0.25) is 0 Å².